The Morgan fingerprint density at radius 3 is 2.70 bits per heavy atom. The van der Waals surface area contributed by atoms with Crippen molar-refractivity contribution in [3.8, 4) is 0 Å². The minimum Gasteiger partial charge on any atom is -0.468 e. The maximum absolute atomic E-state index is 12.8. The number of carbonyl (C=O) groups excluding carboxylic acids is 2. The van der Waals surface area contributed by atoms with Crippen LogP contribution in [-0.4, -0.2) is 46.2 Å². The number of nitrogens with one attached hydrogen (secondary N) is 1. The van der Waals surface area contributed by atoms with E-state index in [9.17, 15) is 9.59 Å². The first-order valence-corrected chi connectivity index (χ1v) is 10.5. The van der Waals surface area contributed by atoms with Gasteiger partial charge in [0.15, 0.2) is 0 Å². The maximum atomic E-state index is 12.8. The van der Waals surface area contributed by atoms with Crippen LogP contribution in [0.15, 0.2) is 53.3 Å². The van der Waals surface area contributed by atoms with Gasteiger partial charge < -0.3 is 14.8 Å². The van der Waals surface area contributed by atoms with Gasteiger partial charge in [0.05, 0.1) is 18.4 Å². The van der Waals surface area contributed by atoms with Crippen LogP contribution in [0, 0.1) is 0 Å². The summed E-state index contributed by atoms with van der Waals surface area (Å²) < 4.78 is 11.7. The van der Waals surface area contributed by atoms with E-state index in [-0.39, 0.29) is 18.3 Å². The number of nitrogens with zero attached hydrogens (tertiary/aromatic N) is 3. The monoisotopic (exact) mass is 428 g/mol. The molecule has 9 heteroatoms. The summed E-state index contributed by atoms with van der Waals surface area (Å²) in [5, 5.41) is 8.07. The summed E-state index contributed by atoms with van der Waals surface area (Å²) in [7, 11) is 1.33. The summed E-state index contributed by atoms with van der Waals surface area (Å²) in [4.78, 5) is 28.8. The molecular weight excluding hydrogens is 404 g/mol. The molecule has 30 heavy (non-hydrogen) atoms. The highest BCUT2D eigenvalue weighted by atomic mass is 32.2. The average molecular weight is 429 g/mol. The Balaban J connectivity index is 2.01. The molecule has 8 nitrogen and oxygen atoms in total. The molecule has 1 atom stereocenters. The van der Waals surface area contributed by atoms with Gasteiger partial charge in [0.25, 0.3) is 0 Å². The number of esters is 2. The van der Waals surface area contributed by atoms with Gasteiger partial charge >= 0.3 is 11.9 Å². The van der Waals surface area contributed by atoms with Gasteiger partial charge in [-0.3, -0.25) is 4.79 Å². The second kappa shape index (κ2) is 9.62. The van der Waals surface area contributed by atoms with Crippen LogP contribution >= 0.6 is 11.8 Å². The molecule has 0 saturated heterocycles. The molecule has 1 aliphatic rings. The van der Waals surface area contributed by atoms with E-state index in [1.54, 1.807) is 11.6 Å². The van der Waals surface area contributed by atoms with Gasteiger partial charge in [-0.1, -0.05) is 55.6 Å². The lowest BCUT2D eigenvalue weighted by molar-refractivity contribution is -0.138. The molecule has 1 aliphatic heterocycles. The number of aromatic nitrogens is 3. The number of allylic oxidation sites excluding steroid dienone is 1. The van der Waals surface area contributed by atoms with Crippen molar-refractivity contribution in [2.75, 3.05) is 24.8 Å². The second-order valence-corrected chi connectivity index (χ2v) is 7.52. The van der Waals surface area contributed by atoms with Crippen molar-refractivity contribution in [3.63, 3.8) is 0 Å². The number of methoxy groups -OCH3 is 1. The Labute approximate surface area is 179 Å². The SMILES string of the molecule is C=CCOC(=O)C1=C(C)Nc2nc(SCC(=O)OC)nn2[C@@H]1c1ccc(CC)cc1. The number of aryl methyl sites for hydroxylation is 1. The lowest BCUT2D eigenvalue weighted by atomic mass is 9.95. The molecule has 0 saturated carbocycles. The molecule has 0 spiro atoms. The highest BCUT2D eigenvalue weighted by Crippen LogP contribution is 2.36. The van der Waals surface area contributed by atoms with E-state index in [1.165, 1.54) is 30.5 Å². The van der Waals surface area contributed by atoms with Crippen molar-refractivity contribution in [2.45, 2.75) is 31.5 Å². The number of rotatable bonds is 8. The lowest BCUT2D eigenvalue weighted by Crippen LogP contribution is -2.29. The number of fused-ring (bicyclic) bond motifs is 1. The van der Waals surface area contributed by atoms with Gasteiger partial charge in [-0.2, -0.15) is 4.98 Å². The number of hydrogen-bond donors (Lipinski definition) is 1. The Kier molecular flexibility index (Phi) is 6.94. The van der Waals surface area contributed by atoms with Crippen LogP contribution in [-0.2, 0) is 25.5 Å². The molecule has 1 N–H and O–H groups in total. The summed E-state index contributed by atoms with van der Waals surface area (Å²) in [6.07, 6.45) is 2.44. The molecule has 0 fully saturated rings. The van der Waals surface area contributed by atoms with Gasteiger partial charge in [0.1, 0.15) is 12.6 Å². The third-order valence-corrected chi connectivity index (χ3v) is 5.45. The van der Waals surface area contributed by atoms with Crippen LogP contribution in [0.1, 0.15) is 31.0 Å². The van der Waals surface area contributed by atoms with Crippen LogP contribution in [0.2, 0.25) is 0 Å². The summed E-state index contributed by atoms with van der Waals surface area (Å²) in [5.74, 6) is -0.231. The minimum atomic E-state index is -0.510. The van der Waals surface area contributed by atoms with Crippen LogP contribution in [0.4, 0.5) is 5.95 Å². The smallest absolute Gasteiger partial charge is 0.338 e. The summed E-state index contributed by atoms with van der Waals surface area (Å²) in [6.45, 7) is 7.60. The van der Waals surface area contributed by atoms with E-state index >= 15 is 0 Å². The Hall–Kier alpha value is -3.07. The quantitative estimate of drug-likeness (QED) is 0.389. The first-order chi connectivity index (χ1) is 14.5. The second-order valence-electron chi connectivity index (χ2n) is 6.58. The third kappa shape index (κ3) is 4.56. The third-order valence-electron chi connectivity index (χ3n) is 4.64. The zero-order chi connectivity index (χ0) is 21.7. The average Bonchev–Trinajstić information content (AvgIpc) is 3.17. The van der Waals surface area contributed by atoms with Crippen molar-refractivity contribution >= 4 is 29.6 Å². The van der Waals surface area contributed by atoms with Gasteiger partial charge in [-0.15, -0.1) is 5.10 Å². The van der Waals surface area contributed by atoms with Crippen molar-refractivity contribution in [1.82, 2.24) is 14.8 Å². The number of ether oxygens (including phenoxy) is 2. The minimum absolute atomic E-state index is 0.0937. The van der Waals surface area contributed by atoms with Crippen molar-refractivity contribution in [1.29, 1.82) is 0 Å². The summed E-state index contributed by atoms with van der Waals surface area (Å²) >= 11 is 1.17. The standard InChI is InChI=1S/C21H24N4O4S/c1-5-11-29-19(27)17-13(3)22-20-23-21(30-12-16(26)28-4)24-25(20)18(17)15-9-7-14(6-2)8-10-15/h5,7-10,18H,1,6,11-12H2,2-4H3,(H,22,23,24)/t18-/m1/s1. The molecular formula is C21H24N4O4S. The molecule has 1 aromatic heterocycles. The van der Waals surface area contributed by atoms with E-state index in [4.69, 9.17) is 4.74 Å². The van der Waals surface area contributed by atoms with Gasteiger partial charge in [-0.05, 0) is 24.5 Å². The topological polar surface area (TPSA) is 95.3 Å². The number of hydrogen-bond acceptors (Lipinski definition) is 8. The molecule has 2 aromatic rings. The Morgan fingerprint density at radius 1 is 1.33 bits per heavy atom. The molecule has 0 radical (unpaired) electrons. The Bertz CT molecular complexity index is 981. The van der Waals surface area contributed by atoms with Crippen LogP contribution < -0.4 is 5.32 Å². The van der Waals surface area contributed by atoms with E-state index in [2.05, 4.69) is 33.6 Å². The van der Waals surface area contributed by atoms with Gasteiger partial charge in [0.2, 0.25) is 11.1 Å². The predicted octanol–water partition coefficient (Wildman–Crippen LogP) is 3.12. The normalized spacial score (nSPS) is 15.2. The van der Waals surface area contributed by atoms with Crippen molar-refractivity contribution < 1.29 is 19.1 Å². The molecule has 2 heterocycles. The van der Waals surface area contributed by atoms with E-state index in [1.807, 2.05) is 24.3 Å². The summed E-state index contributed by atoms with van der Waals surface area (Å²) in [6, 6.07) is 7.52. The van der Waals surface area contributed by atoms with Crippen LogP contribution in [0.3, 0.4) is 0 Å². The fourth-order valence-electron chi connectivity index (χ4n) is 3.10. The van der Waals surface area contributed by atoms with Crippen molar-refractivity contribution in [3.05, 3.63) is 59.3 Å². The van der Waals surface area contributed by atoms with Crippen LogP contribution in [0.25, 0.3) is 0 Å². The van der Waals surface area contributed by atoms with E-state index in [0.717, 1.165) is 12.0 Å². The predicted molar refractivity (Wildman–Crippen MR) is 114 cm³/mol. The lowest BCUT2D eigenvalue weighted by Gasteiger charge is -2.28. The molecule has 0 amide bonds. The highest BCUT2D eigenvalue weighted by Gasteiger charge is 2.35. The fourth-order valence-corrected chi connectivity index (χ4v) is 3.76. The first-order valence-electron chi connectivity index (χ1n) is 9.49. The van der Waals surface area contributed by atoms with Gasteiger partial charge in [0, 0.05) is 5.70 Å². The number of thioether (sulfide) groups is 1. The van der Waals surface area contributed by atoms with E-state index < -0.39 is 12.0 Å². The number of anilines is 1. The number of carbonyl (C=O) groups is 2. The zero-order valence-electron chi connectivity index (χ0n) is 17.2. The van der Waals surface area contributed by atoms with Crippen LogP contribution in [0.5, 0.6) is 0 Å². The summed E-state index contributed by atoms with van der Waals surface area (Å²) in [5.41, 5.74) is 3.16. The fraction of sp³-hybridized carbons (Fsp3) is 0.333. The Morgan fingerprint density at radius 2 is 2.07 bits per heavy atom. The number of benzene rings is 1. The van der Waals surface area contributed by atoms with E-state index in [0.29, 0.717) is 22.4 Å². The highest BCUT2D eigenvalue weighted by molar-refractivity contribution is 7.99. The van der Waals surface area contributed by atoms with Gasteiger partial charge in [-0.25, -0.2) is 9.48 Å². The largest absolute Gasteiger partial charge is 0.468 e. The zero-order valence-corrected chi connectivity index (χ0v) is 18.0. The molecule has 3 rings (SSSR count). The maximum Gasteiger partial charge on any atom is 0.338 e. The first kappa shape index (κ1) is 21.6. The molecule has 0 bridgehead atoms. The van der Waals surface area contributed by atoms with Crippen molar-refractivity contribution in [2.24, 2.45) is 0 Å². The molecule has 0 unspecified atom stereocenters. The molecule has 0 aliphatic carbocycles. The molecule has 1 aromatic carbocycles. The molecule has 158 valence electrons.